The Labute approximate surface area is 225 Å². The molecule has 2 N–H and O–H groups in total. The van der Waals surface area contributed by atoms with Gasteiger partial charge in [0.05, 0.1) is 46.2 Å². The van der Waals surface area contributed by atoms with Gasteiger partial charge in [-0.05, 0) is 44.2 Å². The Morgan fingerprint density at radius 3 is 2.32 bits per heavy atom. The van der Waals surface area contributed by atoms with Crippen molar-refractivity contribution in [3.63, 3.8) is 0 Å². The lowest BCUT2D eigenvalue weighted by molar-refractivity contribution is 0.0523. The monoisotopic (exact) mass is 553 g/mol. The van der Waals surface area contributed by atoms with Crippen LogP contribution in [0.3, 0.4) is 0 Å². The van der Waals surface area contributed by atoms with Gasteiger partial charge in [-0.1, -0.05) is 29.5 Å². The first-order chi connectivity index (χ1) is 18.2. The lowest BCUT2D eigenvalue weighted by atomic mass is 10.1. The quantitative estimate of drug-likeness (QED) is 0.263. The molecule has 0 amide bonds. The molecule has 0 bridgehead atoms. The van der Waals surface area contributed by atoms with Gasteiger partial charge in [-0.15, -0.1) is 0 Å². The van der Waals surface area contributed by atoms with E-state index in [0.29, 0.717) is 33.5 Å². The van der Waals surface area contributed by atoms with Crippen molar-refractivity contribution in [3.05, 3.63) is 71.8 Å². The Morgan fingerprint density at radius 1 is 1.03 bits per heavy atom. The zero-order valence-electron chi connectivity index (χ0n) is 21.2. The summed E-state index contributed by atoms with van der Waals surface area (Å²) < 4.78 is 44.0. The van der Waals surface area contributed by atoms with Crippen LogP contribution in [0.25, 0.3) is 10.2 Å². The molecule has 0 aliphatic carbocycles. The number of benzene rings is 3. The normalized spacial score (nSPS) is 13.1. The molecule has 0 radical (unpaired) electrons. The topological polar surface area (TPSA) is 131 Å². The maximum atomic E-state index is 13.2. The summed E-state index contributed by atoms with van der Waals surface area (Å²) in [6.45, 7) is 3.20. The minimum absolute atomic E-state index is 0.0632. The number of fused-ring (bicyclic) bond motifs is 1. The molecule has 2 unspecified atom stereocenters. The molecule has 0 saturated carbocycles. The molecule has 3 aromatic carbocycles. The fraction of sp³-hybridized carbons (Fsp3) is 0.259. The highest BCUT2D eigenvalue weighted by Crippen LogP contribution is 2.37. The summed E-state index contributed by atoms with van der Waals surface area (Å²) in [6, 6.07) is 18.3. The number of methoxy groups -OCH3 is 2. The van der Waals surface area contributed by atoms with Crippen LogP contribution < -0.4 is 19.5 Å². The van der Waals surface area contributed by atoms with Gasteiger partial charge in [0.25, 0.3) is 0 Å². The zero-order valence-corrected chi connectivity index (χ0v) is 22.8. The number of aromatic nitrogens is 1. The Morgan fingerprint density at radius 2 is 1.68 bits per heavy atom. The van der Waals surface area contributed by atoms with E-state index in [1.165, 1.54) is 24.5 Å². The van der Waals surface area contributed by atoms with E-state index in [2.05, 4.69) is 10.3 Å². The van der Waals surface area contributed by atoms with E-state index in [1.807, 2.05) is 6.07 Å². The highest BCUT2D eigenvalue weighted by Gasteiger charge is 2.32. The summed E-state index contributed by atoms with van der Waals surface area (Å²) >= 11 is 1.29. The first kappa shape index (κ1) is 27.2. The number of hydrogen-bond acceptors (Lipinski definition) is 10. The number of aliphatic hydroxyl groups is 1. The number of anilines is 1. The second kappa shape index (κ2) is 11.3. The number of sulfone groups is 1. The highest BCUT2D eigenvalue weighted by molar-refractivity contribution is 7.92. The molecule has 38 heavy (non-hydrogen) atoms. The van der Waals surface area contributed by atoms with Crippen molar-refractivity contribution in [2.45, 2.75) is 36.3 Å². The molecule has 1 aromatic heterocycles. The zero-order chi connectivity index (χ0) is 27.4. The summed E-state index contributed by atoms with van der Waals surface area (Å²) in [7, 11) is -0.623. The summed E-state index contributed by atoms with van der Waals surface area (Å²) in [6.07, 6.45) is -2.53. The van der Waals surface area contributed by atoms with E-state index < -0.39 is 27.4 Å². The molecule has 198 valence electrons. The lowest BCUT2D eigenvalue weighted by Gasteiger charge is -2.27. The molecule has 0 aliphatic heterocycles. The summed E-state index contributed by atoms with van der Waals surface area (Å²) in [4.78, 5) is 4.61. The van der Waals surface area contributed by atoms with Crippen molar-refractivity contribution in [2.24, 2.45) is 0 Å². The number of aliphatic hydroxyl groups excluding tert-OH is 1. The predicted molar refractivity (Wildman–Crippen MR) is 146 cm³/mol. The Bertz CT molecular complexity index is 1540. The van der Waals surface area contributed by atoms with E-state index in [1.54, 1.807) is 75.6 Å². The van der Waals surface area contributed by atoms with Crippen molar-refractivity contribution in [2.75, 3.05) is 19.5 Å². The van der Waals surface area contributed by atoms with Gasteiger partial charge in [-0.2, -0.15) is 5.26 Å². The molecule has 2 atom stereocenters. The number of hydrogen-bond donors (Lipinski definition) is 2. The molecular formula is C27H27N3O6S2. The molecule has 9 nitrogen and oxygen atoms in total. The highest BCUT2D eigenvalue weighted by atomic mass is 32.2. The molecule has 0 spiro atoms. The van der Waals surface area contributed by atoms with Crippen LogP contribution >= 0.6 is 11.3 Å². The summed E-state index contributed by atoms with van der Waals surface area (Å²) in [5, 5.41) is 23.2. The molecule has 0 aliphatic rings. The van der Waals surface area contributed by atoms with Gasteiger partial charge in [-0.25, -0.2) is 13.4 Å². The summed E-state index contributed by atoms with van der Waals surface area (Å²) in [5.41, 5.74) is 1.36. The van der Waals surface area contributed by atoms with Gasteiger partial charge < -0.3 is 24.6 Å². The largest absolute Gasteiger partial charge is 0.493 e. The standard InChI is InChI=1S/C27H27N3O6S2/c1-16(2)38(32,33)24-8-6-5-7-19(24)25(36-18-11-9-17(15-28)10-12-18)26(31)30-27-29-20-13-21(34-3)22(35-4)14-23(20)37-27/h5-14,16,25-26,31H,1-4H3,(H,29,30). The molecule has 1 heterocycles. The average Bonchev–Trinajstić information content (AvgIpc) is 3.31. The number of rotatable bonds is 10. The Hall–Kier alpha value is -3.85. The third-order valence-electron chi connectivity index (χ3n) is 5.85. The molecule has 0 fully saturated rings. The number of nitrogens with one attached hydrogen (secondary N) is 1. The second-order valence-corrected chi connectivity index (χ2v) is 12.1. The predicted octanol–water partition coefficient (Wildman–Crippen LogP) is 4.92. The van der Waals surface area contributed by atoms with Crippen LogP contribution in [-0.4, -0.2) is 44.2 Å². The SMILES string of the molecule is COc1cc2nc(NC(O)C(Oc3ccc(C#N)cc3)c3ccccc3S(=O)(=O)C(C)C)sc2cc1OC. The van der Waals surface area contributed by atoms with Crippen molar-refractivity contribution < 1.29 is 27.7 Å². The van der Waals surface area contributed by atoms with Crippen LogP contribution in [0.15, 0.2) is 65.6 Å². The van der Waals surface area contributed by atoms with E-state index in [-0.39, 0.29) is 10.5 Å². The first-order valence-corrected chi connectivity index (χ1v) is 14.0. The lowest BCUT2D eigenvalue weighted by Crippen LogP contribution is -2.32. The summed E-state index contributed by atoms with van der Waals surface area (Å²) in [5.74, 6) is 1.42. The first-order valence-electron chi connectivity index (χ1n) is 11.6. The van der Waals surface area contributed by atoms with E-state index in [4.69, 9.17) is 19.5 Å². The van der Waals surface area contributed by atoms with Gasteiger partial charge in [0.1, 0.15) is 5.75 Å². The number of nitrogens with zero attached hydrogens (tertiary/aromatic N) is 2. The minimum Gasteiger partial charge on any atom is -0.493 e. The second-order valence-electron chi connectivity index (χ2n) is 8.59. The molecule has 0 saturated heterocycles. The van der Waals surface area contributed by atoms with Crippen LogP contribution in [0.2, 0.25) is 0 Å². The van der Waals surface area contributed by atoms with Gasteiger partial charge in [0, 0.05) is 17.7 Å². The maximum absolute atomic E-state index is 13.2. The number of nitriles is 1. The van der Waals surface area contributed by atoms with Crippen LogP contribution in [0.5, 0.6) is 17.2 Å². The Kier molecular flexibility index (Phi) is 8.06. The fourth-order valence-corrected chi connectivity index (χ4v) is 6.00. The van der Waals surface area contributed by atoms with E-state index in [9.17, 15) is 13.5 Å². The van der Waals surface area contributed by atoms with Crippen molar-refractivity contribution in [3.8, 4) is 23.3 Å². The van der Waals surface area contributed by atoms with Gasteiger partial charge in [0.2, 0.25) is 0 Å². The van der Waals surface area contributed by atoms with E-state index >= 15 is 0 Å². The average molecular weight is 554 g/mol. The van der Waals surface area contributed by atoms with Gasteiger partial charge in [0.15, 0.2) is 38.8 Å². The number of thiazole rings is 1. The van der Waals surface area contributed by atoms with E-state index in [0.717, 1.165) is 4.70 Å². The third-order valence-corrected chi connectivity index (χ3v) is 9.03. The molecule has 4 rings (SSSR count). The molecule has 11 heteroatoms. The Balaban J connectivity index is 1.74. The van der Waals surface area contributed by atoms with Crippen LogP contribution in [-0.2, 0) is 9.84 Å². The minimum atomic E-state index is -3.70. The van der Waals surface area contributed by atoms with Crippen molar-refractivity contribution in [1.29, 1.82) is 5.26 Å². The van der Waals surface area contributed by atoms with Crippen LogP contribution in [0.4, 0.5) is 5.13 Å². The van der Waals surface area contributed by atoms with Crippen LogP contribution in [0.1, 0.15) is 31.1 Å². The van der Waals surface area contributed by atoms with Crippen molar-refractivity contribution in [1.82, 2.24) is 4.98 Å². The fourth-order valence-electron chi connectivity index (χ4n) is 3.80. The van der Waals surface area contributed by atoms with Gasteiger partial charge in [-0.3, -0.25) is 0 Å². The molecular weight excluding hydrogens is 526 g/mol. The van der Waals surface area contributed by atoms with Gasteiger partial charge >= 0.3 is 0 Å². The van der Waals surface area contributed by atoms with Crippen LogP contribution in [0, 0.1) is 11.3 Å². The number of ether oxygens (including phenoxy) is 3. The smallest absolute Gasteiger partial charge is 0.185 e. The van der Waals surface area contributed by atoms with Crippen molar-refractivity contribution >= 4 is 36.5 Å². The maximum Gasteiger partial charge on any atom is 0.185 e. The molecule has 4 aromatic rings. The third kappa shape index (κ3) is 5.52.